The second-order valence-corrected chi connectivity index (χ2v) is 10.7. The standard InChI is InChI=1S/C31H38N2O5/c1-22-28(25-21-24(36-3)12-13-27(25)38-22)29(34)33-17-15-31(16-18-33)14-8-4-5-9-23-10-6-7-11-26(23)37-20-19-32(2)30(31)35/h6-7,10-13,21H,4-5,8-9,14-20H2,1-3H3. The highest BCUT2D eigenvalue weighted by molar-refractivity contribution is 6.07. The monoisotopic (exact) mass is 518 g/mol. The van der Waals surface area contributed by atoms with E-state index in [1.165, 1.54) is 5.56 Å². The highest BCUT2D eigenvalue weighted by atomic mass is 16.5. The van der Waals surface area contributed by atoms with Crippen molar-refractivity contribution in [1.29, 1.82) is 0 Å². The second kappa shape index (κ2) is 11.1. The van der Waals surface area contributed by atoms with Gasteiger partial charge in [0.1, 0.15) is 29.4 Å². The van der Waals surface area contributed by atoms with Gasteiger partial charge in [0.15, 0.2) is 0 Å². The number of carbonyl (C=O) groups excluding carboxylic acids is 2. The number of methoxy groups -OCH3 is 1. The molecule has 2 amide bonds. The quantitative estimate of drug-likeness (QED) is 0.440. The second-order valence-electron chi connectivity index (χ2n) is 10.7. The molecule has 7 nitrogen and oxygen atoms in total. The third-order valence-electron chi connectivity index (χ3n) is 8.35. The lowest BCUT2D eigenvalue weighted by atomic mass is 9.73. The van der Waals surface area contributed by atoms with Crippen molar-refractivity contribution < 1.29 is 23.5 Å². The molecule has 0 saturated carbocycles. The van der Waals surface area contributed by atoms with Crippen molar-refractivity contribution in [2.75, 3.05) is 40.4 Å². The summed E-state index contributed by atoms with van der Waals surface area (Å²) >= 11 is 0. The molecule has 1 fully saturated rings. The zero-order valence-electron chi connectivity index (χ0n) is 22.8. The van der Waals surface area contributed by atoms with E-state index in [4.69, 9.17) is 13.9 Å². The number of piperidine rings is 1. The van der Waals surface area contributed by atoms with Crippen LogP contribution in [0, 0.1) is 12.3 Å². The zero-order valence-corrected chi connectivity index (χ0v) is 22.8. The van der Waals surface area contributed by atoms with E-state index in [9.17, 15) is 9.59 Å². The molecule has 38 heavy (non-hydrogen) atoms. The number of carbonyl (C=O) groups is 2. The van der Waals surface area contributed by atoms with Crippen molar-refractivity contribution in [3.63, 3.8) is 0 Å². The van der Waals surface area contributed by atoms with Gasteiger partial charge in [0.2, 0.25) is 5.91 Å². The minimum Gasteiger partial charge on any atom is -0.497 e. The number of likely N-dealkylation sites (N-methyl/N-ethyl adjacent to an activating group) is 1. The van der Waals surface area contributed by atoms with E-state index in [0.717, 1.165) is 43.2 Å². The first-order valence-electron chi connectivity index (χ1n) is 13.7. The minimum atomic E-state index is -0.441. The van der Waals surface area contributed by atoms with Crippen molar-refractivity contribution in [3.8, 4) is 11.5 Å². The molecular formula is C31H38N2O5. The van der Waals surface area contributed by atoms with Crippen LogP contribution in [-0.2, 0) is 11.2 Å². The van der Waals surface area contributed by atoms with E-state index in [1.807, 2.05) is 54.1 Å². The molecule has 202 valence electrons. The number of para-hydroxylation sites is 1. The summed E-state index contributed by atoms with van der Waals surface area (Å²) in [6.07, 6.45) is 6.31. The molecular weight excluding hydrogens is 480 g/mol. The van der Waals surface area contributed by atoms with E-state index in [0.29, 0.717) is 61.7 Å². The van der Waals surface area contributed by atoms with Gasteiger partial charge in [0.05, 0.1) is 24.6 Å². The Morgan fingerprint density at radius 2 is 1.79 bits per heavy atom. The normalized spacial score (nSPS) is 18.8. The molecule has 0 atom stereocenters. The van der Waals surface area contributed by atoms with Gasteiger partial charge in [0.25, 0.3) is 5.91 Å². The first-order valence-corrected chi connectivity index (χ1v) is 13.7. The maximum Gasteiger partial charge on any atom is 0.258 e. The molecule has 2 aliphatic rings. The lowest BCUT2D eigenvalue weighted by Gasteiger charge is -2.42. The Balaban J connectivity index is 1.31. The van der Waals surface area contributed by atoms with Crippen LogP contribution in [0.15, 0.2) is 46.9 Å². The van der Waals surface area contributed by atoms with Crippen LogP contribution >= 0.6 is 0 Å². The van der Waals surface area contributed by atoms with E-state index in [-0.39, 0.29) is 11.8 Å². The van der Waals surface area contributed by atoms with Gasteiger partial charge in [-0.05, 0) is 68.9 Å². The zero-order chi connectivity index (χ0) is 26.7. The molecule has 1 saturated heterocycles. The molecule has 2 aromatic carbocycles. The van der Waals surface area contributed by atoms with Crippen LogP contribution in [0.1, 0.15) is 60.2 Å². The largest absolute Gasteiger partial charge is 0.497 e. The summed E-state index contributed by atoms with van der Waals surface area (Å²) in [5, 5.41) is 0.769. The van der Waals surface area contributed by atoms with Crippen molar-refractivity contribution in [1.82, 2.24) is 9.80 Å². The summed E-state index contributed by atoms with van der Waals surface area (Å²) in [7, 11) is 3.49. The predicted octanol–water partition coefficient (Wildman–Crippen LogP) is 5.63. The van der Waals surface area contributed by atoms with E-state index in [1.54, 1.807) is 7.11 Å². The Bertz CT molecular complexity index is 1300. The summed E-state index contributed by atoms with van der Waals surface area (Å²) in [5.74, 6) is 2.36. The van der Waals surface area contributed by atoms with Gasteiger partial charge in [0, 0.05) is 25.5 Å². The highest BCUT2D eigenvalue weighted by Gasteiger charge is 2.43. The van der Waals surface area contributed by atoms with Gasteiger partial charge in [-0.2, -0.15) is 0 Å². The summed E-state index contributed by atoms with van der Waals surface area (Å²) in [5.41, 5.74) is 2.06. The Kier molecular flexibility index (Phi) is 7.63. The van der Waals surface area contributed by atoms with Crippen molar-refractivity contribution in [2.24, 2.45) is 5.41 Å². The number of likely N-dealkylation sites (tertiary alicyclic amines) is 1. The number of furan rings is 1. The summed E-state index contributed by atoms with van der Waals surface area (Å²) in [6, 6.07) is 13.8. The van der Waals surface area contributed by atoms with E-state index in [2.05, 4.69) is 12.1 Å². The van der Waals surface area contributed by atoms with E-state index < -0.39 is 5.41 Å². The van der Waals surface area contributed by atoms with Crippen molar-refractivity contribution >= 4 is 22.8 Å². The number of ether oxygens (including phenoxy) is 2. The maximum atomic E-state index is 13.8. The number of hydrogen-bond donors (Lipinski definition) is 0. The Morgan fingerprint density at radius 1 is 1.00 bits per heavy atom. The molecule has 0 radical (unpaired) electrons. The Labute approximate surface area is 224 Å². The fraction of sp³-hybridized carbons (Fsp3) is 0.484. The summed E-state index contributed by atoms with van der Waals surface area (Å²) < 4.78 is 17.3. The highest BCUT2D eigenvalue weighted by Crippen LogP contribution is 2.40. The van der Waals surface area contributed by atoms with Crippen LogP contribution in [0.4, 0.5) is 0 Å². The van der Waals surface area contributed by atoms with Crippen LogP contribution in [0.5, 0.6) is 11.5 Å². The summed E-state index contributed by atoms with van der Waals surface area (Å²) in [6.45, 7) is 3.95. The van der Waals surface area contributed by atoms with Gasteiger partial charge in [-0.15, -0.1) is 0 Å². The molecule has 0 unspecified atom stereocenters. The predicted molar refractivity (Wildman–Crippen MR) is 147 cm³/mol. The third kappa shape index (κ3) is 5.11. The molecule has 0 bridgehead atoms. The van der Waals surface area contributed by atoms with Gasteiger partial charge in [-0.25, -0.2) is 0 Å². The molecule has 7 heteroatoms. The smallest absolute Gasteiger partial charge is 0.258 e. The Morgan fingerprint density at radius 3 is 2.58 bits per heavy atom. The van der Waals surface area contributed by atoms with Crippen molar-refractivity contribution in [3.05, 3.63) is 59.4 Å². The lowest BCUT2D eigenvalue weighted by Crippen LogP contribution is -2.51. The van der Waals surface area contributed by atoms with Crippen molar-refractivity contribution in [2.45, 2.75) is 51.9 Å². The number of aryl methyl sites for hydroxylation is 2. The topological polar surface area (TPSA) is 72.2 Å². The third-order valence-corrected chi connectivity index (χ3v) is 8.35. The molecule has 3 heterocycles. The summed E-state index contributed by atoms with van der Waals surface area (Å²) in [4.78, 5) is 31.2. The fourth-order valence-corrected chi connectivity index (χ4v) is 6.06. The van der Waals surface area contributed by atoms with Crippen LogP contribution in [0.2, 0.25) is 0 Å². The van der Waals surface area contributed by atoms with Crippen LogP contribution in [-0.4, -0.2) is 62.0 Å². The van der Waals surface area contributed by atoms with Gasteiger partial charge < -0.3 is 23.7 Å². The van der Waals surface area contributed by atoms with Crippen LogP contribution in [0.3, 0.4) is 0 Å². The average molecular weight is 519 g/mol. The molecule has 2 aliphatic heterocycles. The molecule has 1 aromatic heterocycles. The maximum absolute atomic E-state index is 13.8. The van der Waals surface area contributed by atoms with Gasteiger partial charge in [-0.1, -0.05) is 31.0 Å². The van der Waals surface area contributed by atoms with Crippen LogP contribution < -0.4 is 9.47 Å². The first-order chi connectivity index (χ1) is 18.4. The van der Waals surface area contributed by atoms with Crippen LogP contribution in [0.25, 0.3) is 11.0 Å². The number of amides is 2. The molecule has 1 spiro atoms. The first kappa shape index (κ1) is 26.1. The molecule has 3 aromatic rings. The molecule has 5 rings (SSSR count). The molecule has 0 N–H and O–H groups in total. The lowest BCUT2D eigenvalue weighted by molar-refractivity contribution is -0.144. The number of benzene rings is 2. The number of fused-ring (bicyclic) bond motifs is 2. The van der Waals surface area contributed by atoms with Gasteiger partial charge >= 0.3 is 0 Å². The van der Waals surface area contributed by atoms with Gasteiger partial charge in [-0.3, -0.25) is 9.59 Å². The average Bonchev–Trinajstić information content (AvgIpc) is 3.27. The minimum absolute atomic E-state index is 0.0408. The number of hydrogen-bond acceptors (Lipinski definition) is 5. The SMILES string of the molecule is COc1ccc2oc(C)c(C(=O)N3CCC4(CCCCCc5ccccc5OCCN(C)C4=O)CC3)c2c1. The fourth-order valence-electron chi connectivity index (χ4n) is 6.06. The number of rotatable bonds is 2. The van der Waals surface area contributed by atoms with E-state index >= 15 is 0 Å². The molecule has 0 aliphatic carbocycles. The Hall–Kier alpha value is -3.48. The number of nitrogens with zero attached hydrogens (tertiary/aromatic N) is 2.